The normalized spacial score (nSPS) is 14.5. The number of aliphatic hydroxyl groups excluding tert-OH is 1. The second-order valence-electron chi connectivity index (χ2n) is 9.10. The summed E-state index contributed by atoms with van der Waals surface area (Å²) >= 11 is 0. The Morgan fingerprint density at radius 2 is 1.82 bits per heavy atom. The molecular weight excluding hydrogens is 484 g/mol. The third kappa shape index (κ3) is 5.31. The van der Waals surface area contributed by atoms with Gasteiger partial charge in [0.1, 0.15) is 11.6 Å². The van der Waals surface area contributed by atoms with Crippen molar-refractivity contribution in [3.8, 4) is 17.1 Å². The molecule has 0 saturated carbocycles. The van der Waals surface area contributed by atoms with Crippen molar-refractivity contribution < 1.29 is 19.1 Å². The average Bonchev–Trinajstić information content (AvgIpc) is 3.58. The number of H-pyrrole nitrogens is 1. The van der Waals surface area contributed by atoms with E-state index in [1.165, 1.54) is 0 Å². The molecule has 1 aliphatic heterocycles. The van der Waals surface area contributed by atoms with E-state index in [2.05, 4.69) is 37.5 Å². The topological polar surface area (TPSA) is 122 Å². The van der Waals surface area contributed by atoms with E-state index in [4.69, 9.17) is 19.0 Å². The van der Waals surface area contributed by atoms with Crippen LogP contribution in [0.3, 0.4) is 0 Å². The Morgan fingerprint density at radius 1 is 1.03 bits per heavy atom. The molecule has 0 aliphatic carbocycles. The molecule has 0 radical (unpaired) electrons. The summed E-state index contributed by atoms with van der Waals surface area (Å²) in [6.45, 7) is 5.25. The number of aromatic amines is 1. The van der Waals surface area contributed by atoms with Crippen molar-refractivity contribution in [3.05, 3.63) is 84.0 Å². The van der Waals surface area contributed by atoms with Gasteiger partial charge in [-0.3, -0.25) is 0 Å². The van der Waals surface area contributed by atoms with Crippen LogP contribution in [0.15, 0.2) is 71.3 Å². The fraction of sp³-hybridized carbons (Fsp3) is 0.250. The van der Waals surface area contributed by atoms with Gasteiger partial charge in [0.05, 0.1) is 24.2 Å². The number of fused-ring (bicyclic) bond motifs is 1. The van der Waals surface area contributed by atoms with E-state index in [1.54, 1.807) is 6.92 Å². The first-order valence-electron chi connectivity index (χ1n) is 12.5. The van der Waals surface area contributed by atoms with Gasteiger partial charge in [-0.05, 0) is 43.3 Å². The molecule has 1 atom stereocenters. The van der Waals surface area contributed by atoms with E-state index in [0.717, 1.165) is 65.7 Å². The standard InChI is InChI=1S/C28H28N6O4/c1-18-29-26(38-33-18)17-37-23-10-11-24-25(16-23)32-27(31-24)19-2-4-20(5-3-19)28(35)30-21-6-8-22(9-7-21)34-12-14-36-15-13-34/h2-11,16,28,30,35H,12-15,17H2,1H3,(H,31,32). The number of nitrogens with zero attached hydrogens (tertiary/aromatic N) is 4. The minimum Gasteiger partial charge on any atom is -0.484 e. The summed E-state index contributed by atoms with van der Waals surface area (Å²) in [6.07, 6.45) is -0.837. The van der Waals surface area contributed by atoms with Gasteiger partial charge >= 0.3 is 0 Å². The van der Waals surface area contributed by atoms with E-state index in [-0.39, 0.29) is 6.61 Å². The van der Waals surface area contributed by atoms with Crippen LogP contribution in [-0.2, 0) is 11.3 Å². The number of hydrogen-bond donors (Lipinski definition) is 3. The summed E-state index contributed by atoms with van der Waals surface area (Å²) in [5, 5.41) is 17.7. The maximum atomic E-state index is 10.7. The molecule has 3 aromatic carbocycles. The molecule has 0 amide bonds. The van der Waals surface area contributed by atoms with Crippen LogP contribution in [-0.4, -0.2) is 51.5 Å². The molecule has 0 spiro atoms. The lowest BCUT2D eigenvalue weighted by Gasteiger charge is -2.29. The molecule has 1 fully saturated rings. The fourth-order valence-corrected chi connectivity index (χ4v) is 4.41. The van der Waals surface area contributed by atoms with Crippen LogP contribution in [0.1, 0.15) is 23.5 Å². The van der Waals surface area contributed by atoms with Crippen molar-refractivity contribution in [2.75, 3.05) is 36.5 Å². The molecule has 6 rings (SSSR count). The lowest BCUT2D eigenvalue weighted by atomic mass is 10.1. The fourth-order valence-electron chi connectivity index (χ4n) is 4.41. The third-order valence-electron chi connectivity index (χ3n) is 6.43. The van der Waals surface area contributed by atoms with Crippen molar-refractivity contribution >= 4 is 22.4 Å². The summed E-state index contributed by atoms with van der Waals surface area (Å²) < 4.78 is 16.3. The predicted octanol–water partition coefficient (Wildman–Crippen LogP) is 4.44. The van der Waals surface area contributed by atoms with Crippen molar-refractivity contribution in [3.63, 3.8) is 0 Å². The molecule has 1 unspecified atom stereocenters. The number of aryl methyl sites for hydroxylation is 1. The SMILES string of the molecule is Cc1noc(COc2ccc3nc(-c4ccc(C(O)Nc5ccc(N6CCOCC6)cc5)cc4)[nH]c3c2)n1. The number of anilines is 2. The molecule has 38 heavy (non-hydrogen) atoms. The van der Waals surface area contributed by atoms with Crippen molar-refractivity contribution in [1.82, 2.24) is 20.1 Å². The molecular formula is C28H28N6O4. The molecule has 10 heteroatoms. The third-order valence-corrected chi connectivity index (χ3v) is 6.43. The van der Waals surface area contributed by atoms with Crippen LogP contribution in [0.4, 0.5) is 11.4 Å². The molecule has 1 saturated heterocycles. The number of hydrogen-bond acceptors (Lipinski definition) is 9. The number of benzene rings is 3. The largest absolute Gasteiger partial charge is 0.484 e. The maximum Gasteiger partial charge on any atom is 0.264 e. The lowest BCUT2D eigenvalue weighted by Crippen LogP contribution is -2.36. The molecule has 5 aromatic rings. The number of aromatic nitrogens is 4. The highest BCUT2D eigenvalue weighted by Crippen LogP contribution is 2.27. The summed E-state index contributed by atoms with van der Waals surface area (Å²) in [4.78, 5) is 14.5. The van der Waals surface area contributed by atoms with Gasteiger partial charge in [0.25, 0.3) is 5.89 Å². The lowest BCUT2D eigenvalue weighted by molar-refractivity contribution is 0.122. The van der Waals surface area contributed by atoms with Crippen LogP contribution in [0.2, 0.25) is 0 Å². The summed E-state index contributed by atoms with van der Waals surface area (Å²) in [5.74, 6) is 2.41. The number of nitrogens with one attached hydrogen (secondary N) is 2. The maximum absolute atomic E-state index is 10.7. The van der Waals surface area contributed by atoms with Crippen LogP contribution >= 0.6 is 0 Å². The Kier molecular flexibility index (Phi) is 6.63. The number of rotatable bonds is 8. The second kappa shape index (κ2) is 10.5. The number of morpholine rings is 1. The Morgan fingerprint density at radius 3 is 2.55 bits per heavy atom. The van der Waals surface area contributed by atoms with E-state index in [0.29, 0.717) is 17.5 Å². The van der Waals surface area contributed by atoms with Crippen molar-refractivity contribution in [1.29, 1.82) is 0 Å². The number of imidazole rings is 1. The van der Waals surface area contributed by atoms with Crippen LogP contribution < -0.4 is 15.0 Å². The Labute approximate surface area is 219 Å². The van der Waals surface area contributed by atoms with E-state index in [1.807, 2.05) is 54.6 Å². The van der Waals surface area contributed by atoms with Gasteiger partial charge in [-0.25, -0.2) is 4.98 Å². The highest BCUT2D eigenvalue weighted by atomic mass is 16.5. The van der Waals surface area contributed by atoms with E-state index < -0.39 is 6.23 Å². The molecule has 3 heterocycles. The molecule has 10 nitrogen and oxygen atoms in total. The monoisotopic (exact) mass is 512 g/mol. The molecule has 0 bridgehead atoms. The highest BCUT2D eigenvalue weighted by molar-refractivity contribution is 5.80. The van der Waals surface area contributed by atoms with Crippen molar-refractivity contribution in [2.24, 2.45) is 0 Å². The number of ether oxygens (including phenoxy) is 2. The Bertz CT molecular complexity index is 1510. The summed E-state index contributed by atoms with van der Waals surface area (Å²) in [5.41, 5.74) is 5.36. The highest BCUT2D eigenvalue weighted by Gasteiger charge is 2.13. The van der Waals surface area contributed by atoms with Crippen LogP contribution in [0.5, 0.6) is 5.75 Å². The average molecular weight is 513 g/mol. The van der Waals surface area contributed by atoms with Crippen LogP contribution in [0, 0.1) is 6.92 Å². The quantitative estimate of drug-likeness (QED) is 0.259. The molecule has 2 aromatic heterocycles. The first-order valence-corrected chi connectivity index (χ1v) is 12.5. The smallest absolute Gasteiger partial charge is 0.264 e. The Balaban J connectivity index is 1.09. The van der Waals surface area contributed by atoms with Gasteiger partial charge < -0.3 is 34.3 Å². The van der Waals surface area contributed by atoms with Gasteiger partial charge in [-0.1, -0.05) is 29.4 Å². The zero-order chi connectivity index (χ0) is 25.9. The van der Waals surface area contributed by atoms with E-state index in [9.17, 15) is 5.11 Å². The molecule has 3 N–H and O–H groups in total. The van der Waals surface area contributed by atoms with Gasteiger partial charge in [-0.2, -0.15) is 4.98 Å². The molecule has 194 valence electrons. The number of aliphatic hydroxyl groups is 1. The van der Waals surface area contributed by atoms with E-state index >= 15 is 0 Å². The first-order chi connectivity index (χ1) is 18.6. The second-order valence-corrected chi connectivity index (χ2v) is 9.10. The minimum absolute atomic E-state index is 0.198. The van der Waals surface area contributed by atoms with Gasteiger partial charge in [0, 0.05) is 41.7 Å². The predicted molar refractivity (Wildman–Crippen MR) is 143 cm³/mol. The van der Waals surface area contributed by atoms with Gasteiger partial charge in [-0.15, -0.1) is 0 Å². The minimum atomic E-state index is -0.837. The summed E-state index contributed by atoms with van der Waals surface area (Å²) in [7, 11) is 0. The van der Waals surface area contributed by atoms with Gasteiger partial charge in [0.2, 0.25) is 0 Å². The van der Waals surface area contributed by atoms with Gasteiger partial charge in [0.15, 0.2) is 18.7 Å². The van der Waals surface area contributed by atoms with Crippen molar-refractivity contribution in [2.45, 2.75) is 19.8 Å². The van der Waals surface area contributed by atoms with Crippen LogP contribution in [0.25, 0.3) is 22.4 Å². The summed E-state index contributed by atoms with van der Waals surface area (Å²) in [6, 6.07) is 21.4. The zero-order valence-corrected chi connectivity index (χ0v) is 20.9. The zero-order valence-electron chi connectivity index (χ0n) is 20.9. The molecule has 1 aliphatic rings. The first kappa shape index (κ1) is 24.0. The Hall–Kier alpha value is -4.41.